The number of halogens is 3. The molecule has 0 saturated heterocycles. The minimum absolute atomic E-state index is 0.0709. The van der Waals surface area contributed by atoms with Crippen molar-refractivity contribution in [1.29, 1.82) is 0 Å². The smallest absolute Gasteiger partial charge is 0.405 e. The van der Waals surface area contributed by atoms with E-state index in [1.54, 1.807) is 0 Å². The normalized spacial score (nSPS) is 15.3. The molecule has 1 aliphatic rings. The monoisotopic (exact) mass is 274 g/mol. The van der Waals surface area contributed by atoms with Crippen molar-refractivity contribution in [3.63, 3.8) is 0 Å². The lowest BCUT2D eigenvalue weighted by Gasteiger charge is -2.27. The molecule has 4 nitrogen and oxygen atoms in total. The van der Waals surface area contributed by atoms with Gasteiger partial charge in [-0.3, -0.25) is 0 Å². The van der Waals surface area contributed by atoms with Gasteiger partial charge in [0.1, 0.15) is 6.54 Å². The van der Waals surface area contributed by atoms with Gasteiger partial charge >= 0.3 is 12.1 Å². The third-order valence-electron chi connectivity index (χ3n) is 2.90. The van der Waals surface area contributed by atoms with Crippen molar-refractivity contribution < 1.29 is 23.1 Å². The van der Waals surface area contributed by atoms with E-state index in [1.807, 2.05) is 0 Å². The number of carboxylic acids is 1. The zero-order valence-electron chi connectivity index (χ0n) is 9.94. The summed E-state index contributed by atoms with van der Waals surface area (Å²) in [6, 6.07) is 3.68. The Balaban J connectivity index is 2.39. The van der Waals surface area contributed by atoms with Crippen LogP contribution in [0.1, 0.15) is 23.2 Å². The second kappa shape index (κ2) is 4.64. The Labute approximate surface area is 107 Å². The van der Waals surface area contributed by atoms with Crippen molar-refractivity contribution in [2.24, 2.45) is 0 Å². The van der Waals surface area contributed by atoms with Crippen LogP contribution < -0.4 is 10.6 Å². The Kier molecular flexibility index (Phi) is 3.30. The molecule has 0 amide bonds. The van der Waals surface area contributed by atoms with Crippen LogP contribution in [0.4, 0.5) is 24.5 Å². The number of alkyl halides is 3. The average Bonchev–Trinajstić information content (AvgIpc) is 3.08. The van der Waals surface area contributed by atoms with E-state index in [0.29, 0.717) is 12.8 Å². The fourth-order valence-corrected chi connectivity index (χ4v) is 1.97. The van der Waals surface area contributed by atoms with Gasteiger partial charge in [-0.25, -0.2) is 4.79 Å². The van der Waals surface area contributed by atoms with Crippen LogP contribution in [0.25, 0.3) is 0 Å². The first kappa shape index (κ1) is 13.5. The molecule has 1 aromatic rings. The van der Waals surface area contributed by atoms with E-state index in [0.717, 1.165) is 4.90 Å². The first-order chi connectivity index (χ1) is 8.78. The maximum Gasteiger partial charge on any atom is 0.405 e. The summed E-state index contributed by atoms with van der Waals surface area (Å²) in [5, 5.41) is 9.08. The van der Waals surface area contributed by atoms with Crippen LogP contribution in [0.3, 0.4) is 0 Å². The van der Waals surface area contributed by atoms with E-state index in [2.05, 4.69) is 0 Å². The summed E-state index contributed by atoms with van der Waals surface area (Å²) in [6.45, 7) is -1.15. The molecule has 0 radical (unpaired) electrons. The van der Waals surface area contributed by atoms with Gasteiger partial charge in [0.2, 0.25) is 0 Å². The highest BCUT2D eigenvalue weighted by Crippen LogP contribution is 2.36. The summed E-state index contributed by atoms with van der Waals surface area (Å²) >= 11 is 0. The fraction of sp³-hybridized carbons (Fsp3) is 0.417. The van der Waals surface area contributed by atoms with E-state index in [1.165, 1.54) is 18.2 Å². The summed E-state index contributed by atoms with van der Waals surface area (Å²) in [5.41, 5.74) is 5.57. The zero-order chi connectivity index (χ0) is 14.2. The Morgan fingerprint density at radius 3 is 2.53 bits per heavy atom. The summed E-state index contributed by atoms with van der Waals surface area (Å²) < 4.78 is 37.7. The number of carboxylic acid groups (broad SMARTS) is 1. The van der Waals surface area contributed by atoms with E-state index >= 15 is 0 Å². The van der Waals surface area contributed by atoms with Crippen molar-refractivity contribution in [2.75, 3.05) is 17.2 Å². The van der Waals surface area contributed by atoms with Gasteiger partial charge in [-0.15, -0.1) is 0 Å². The number of benzene rings is 1. The number of aromatic carboxylic acids is 1. The molecule has 0 aliphatic heterocycles. The number of nitrogens with zero attached hydrogens (tertiary/aromatic N) is 1. The van der Waals surface area contributed by atoms with Gasteiger partial charge in [0.25, 0.3) is 0 Å². The van der Waals surface area contributed by atoms with Crippen LogP contribution in [-0.4, -0.2) is 29.8 Å². The van der Waals surface area contributed by atoms with Gasteiger partial charge in [-0.2, -0.15) is 13.2 Å². The molecule has 1 aromatic carbocycles. The first-order valence-electron chi connectivity index (χ1n) is 5.74. The maximum absolute atomic E-state index is 12.6. The molecule has 0 bridgehead atoms. The minimum Gasteiger partial charge on any atom is -0.478 e. The molecule has 1 aliphatic carbocycles. The maximum atomic E-state index is 12.6. The van der Waals surface area contributed by atoms with Crippen molar-refractivity contribution >= 4 is 17.3 Å². The molecule has 0 aromatic heterocycles. The molecular weight excluding hydrogens is 261 g/mol. The van der Waals surface area contributed by atoms with Crippen LogP contribution in [0.5, 0.6) is 0 Å². The number of rotatable bonds is 4. The lowest BCUT2D eigenvalue weighted by atomic mass is 10.1. The minimum atomic E-state index is -4.38. The molecule has 1 fully saturated rings. The van der Waals surface area contributed by atoms with Crippen molar-refractivity contribution in [3.8, 4) is 0 Å². The molecule has 2 rings (SSSR count). The molecule has 0 heterocycles. The van der Waals surface area contributed by atoms with Crippen LogP contribution in [-0.2, 0) is 0 Å². The highest BCUT2D eigenvalue weighted by molar-refractivity contribution is 5.95. The Morgan fingerprint density at radius 2 is 2.05 bits per heavy atom. The second-order valence-corrected chi connectivity index (χ2v) is 4.56. The van der Waals surface area contributed by atoms with Gasteiger partial charge in [0.15, 0.2) is 0 Å². The SMILES string of the molecule is Nc1ccc(N(CC(F)(F)F)C2CC2)c(C(=O)O)c1. The zero-order valence-corrected chi connectivity index (χ0v) is 9.94. The molecule has 0 spiro atoms. The number of anilines is 2. The largest absolute Gasteiger partial charge is 0.478 e. The van der Waals surface area contributed by atoms with Crippen molar-refractivity contribution in [2.45, 2.75) is 25.1 Å². The molecule has 7 heteroatoms. The van der Waals surface area contributed by atoms with Gasteiger partial charge in [0, 0.05) is 11.7 Å². The number of carbonyl (C=O) groups is 1. The quantitative estimate of drug-likeness (QED) is 0.828. The Morgan fingerprint density at radius 1 is 1.42 bits per heavy atom. The second-order valence-electron chi connectivity index (χ2n) is 4.56. The topological polar surface area (TPSA) is 66.6 Å². The highest BCUT2D eigenvalue weighted by Gasteiger charge is 2.39. The Hall–Kier alpha value is -1.92. The third kappa shape index (κ3) is 3.30. The van der Waals surface area contributed by atoms with E-state index in [9.17, 15) is 18.0 Å². The van der Waals surface area contributed by atoms with Gasteiger partial charge in [-0.05, 0) is 31.0 Å². The standard InChI is InChI=1S/C12H13F3N2O2/c13-12(14,15)6-17(8-2-3-8)10-4-1-7(16)5-9(10)11(18)19/h1,4-5,8H,2-3,6,16H2,(H,18,19). The van der Waals surface area contributed by atoms with Crippen LogP contribution in [0.2, 0.25) is 0 Å². The number of hydrogen-bond donors (Lipinski definition) is 2. The first-order valence-corrected chi connectivity index (χ1v) is 5.74. The van der Waals surface area contributed by atoms with Crippen molar-refractivity contribution in [1.82, 2.24) is 0 Å². The summed E-state index contributed by atoms with van der Waals surface area (Å²) in [7, 11) is 0. The number of nitrogen functional groups attached to an aromatic ring is 1. The van der Waals surface area contributed by atoms with Gasteiger partial charge < -0.3 is 15.7 Å². The molecule has 0 atom stereocenters. The van der Waals surface area contributed by atoms with Gasteiger partial charge in [-0.1, -0.05) is 0 Å². The molecule has 0 unspecified atom stereocenters. The molecule has 1 saturated carbocycles. The van der Waals surface area contributed by atoms with Crippen LogP contribution in [0.15, 0.2) is 18.2 Å². The van der Waals surface area contributed by atoms with Crippen LogP contribution >= 0.6 is 0 Å². The van der Waals surface area contributed by atoms with Crippen LogP contribution in [0, 0.1) is 0 Å². The number of nitrogens with two attached hydrogens (primary N) is 1. The lowest BCUT2D eigenvalue weighted by molar-refractivity contribution is -0.120. The number of hydrogen-bond acceptors (Lipinski definition) is 3. The van der Waals surface area contributed by atoms with Crippen molar-refractivity contribution in [3.05, 3.63) is 23.8 Å². The molecule has 3 N–H and O–H groups in total. The average molecular weight is 274 g/mol. The predicted octanol–water partition coefficient (Wildman–Crippen LogP) is 2.50. The van der Waals surface area contributed by atoms with E-state index in [-0.39, 0.29) is 23.0 Å². The van der Waals surface area contributed by atoms with E-state index < -0.39 is 18.7 Å². The van der Waals surface area contributed by atoms with E-state index in [4.69, 9.17) is 10.8 Å². The third-order valence-corrected chi connectivity index (χ3v) is 2.90. The molecule has 19 heavy (non-hydrogen) atoms. The fourth-order valence-electron chi connectivity index (χ4n) is 1.97. The summed E-state index contributed by atoms with van der Waals surface area (Å²) in [4.78, 5) is 12.2. The highest BCUT2D eigenvalue weighted by atomic mass is 19.4. The van der Waals surface area contributed by atoms with Gasteiger partial charge in [0.05, 0.1) is 11.3 Å². The Bertz CT molecular complexity index is 498. The summed E-state index contributed by atoms with van der Waals surface area (Å²) in [5.74, 6) is -1.28. The summed E-state index contributed by atoms with van der Waals surface area (Å²) in [6.07, 6.45) is -3.10. The molecular formula is C12H13F3N2O2. The predicted molar refractivity (Wildman–Crippen MR) is 64.2 cm³/mol. The lowest BCUT2D eigenvalue weighted by Crippen LogP contribution is -2.36. The molecule has 104 valence electrons.